The standard InChI is InChI=1S/C15H24N2O2S/c1-3-8-17(4-2)10-13(18)11-19-14-7-5-6-12(9-14)15(16)20/h5-7,9,13,18H,3-4,8,10-11H2,1-2H3,(H2,16,20). The van der Waals surface area contributed by atoms with Crippen molar-refractivity contribution in [3.8, 4) is 5.75 Å². The number of aliphatic hydroxyl groups excluding tert-OH is 1. The predicted molar refractivity (Wildman–Crippen MR) is 86.2 cm³/mol. The number of aliphatic hydroxyl groups is 1. The molecule has 1 unspecified atom stereocenters. The maximum atomic E-state index is 10.00. The molecule has 0 radical (unpaired) electrons. The molecule has 0 aliphatic heterocycles. The van der Waals surface area contributed by atoms with Crippen molar-refractivity contribution in [3.05, 3.63) is 29.8 Å². The third-order valence-corrected chi connectivity index (χ3v) is 3.25. The highest BCUT2D eigenvalue weighted by atomic mass is 32.1. The van der Waals surface area contributed by atoms with Crippen molar-refractivity contribution in [2.24, 2.45) is 5.73 Å². The molecule has 0 saturated carbocycles. The van der Waals surface area contributed by atoms with Gasteiger partial charge in [0.2, 0.25) is 0 Å². The Morgan fingerprint density at radius 2 is 2.20 bits per heavy atom. The van der Waals surface area contributed by atoms with E-state index in [2.05, 4.69) is 18.7 Å². The van der Waals surface area contributed by atoms with Gasteiger partial charge in [-0.25, -0.2) is 0 Å². The van der Waals surface area contributed by atoms with Crippen LogP contribution >= 0.6 is 12.2 Å². The lowest BCUT2D eigenvalue weighted by Gasteiger charge is -2.23. The van der Waals surface area contributed by atoms with E-state index in [1.54, 1.807) is 6.07 Å². The number of nitrogens with zero attached hydrogens (tertiary/aromatic N) is 1. The molecule has 20 heavy (non-hydrogen) atoms. The summed E-state index contributed by atoms with van der Waals surface area (Å²) < 4.78 is 5.59. The smallest absolute Gasteiger partial charge is 0.120 e. The molecule has 1 atom stereocenters. The maximum Gasteiger partial charge on any atom is 0.120 e. The Balaban J connectivity index is 2.46. The number of hydrogen-bond acceptors (Lipinski definition) is 4. The van der Waals surface area contributed by atoms with Gasteiger partial charge in [-0.15, -0.1) is 0 Å². The first-order valence-corrected chi connectivity index (χ1v) is 7.40. The highest BCUT2D eigenvalue weighted by molar-refractivity contribution is 7.80. The minimum atomic E-state index is -0.505. The molecule has 1 rings (SSSR count). The van der Waals surface area contributed by atoms with Gasteiger partial charge in [-0.3, -0.25) is 0 Å². The van der Waals surface area contributed by atoms with Crippen molar-refractivity contribution in [3.63, 3.8) is 0 Å². The molecule has 0 saturated heterocycles. The van der Waals surface area contributed by atoms with E-state index in [1.165, 1.54) is 0 Å². The van der Waals surface area contributed by atoms with Gasteiger partial charge in [0.1, 0.15) is 23.4 Å². The van der Waals surface area contributed by atoms with E-state index in [4.69, 9.17) is 22.7 Å². The van der Waals surface area contributed by atoms with Crippen molar-refractivity contribution in [1.82, 2.24) is 4.90 Å². The summed E-state index contributed by atoms with van der Waals surface area (Å²) in [6.07, 6.45) is 0.576. The van der Waals surface area contributed by atoms with Crippen molar-refractivity contribution in [1.29, 1.82) is 0 Å². The molecule has 112 valence electrons. The normalized spacial score (nSPS) is 12.4. The molecule has 4 nitrogen and oxygen atoms in total. The summed E-state index contributed by atoms with van der Waals surface area (Å²) in [6.45, 7) is 7.04. The van der Waals surface area contributed by atoms with E-state index in [0.717, 1.165) is 25.1 Å². The van der Waals surface area contributed by atoms with E-state index >= 15 is 0 Å². The van der Waals surface area contributed by atoms with Crippen LogP contribution in [0.25, 0.3) is 0 Å². The Bertz CT molecular complexity index is 426. The monoisotopic (exact) mass is 296 g/mol. The van der Waals surface area contributed by atoms with Gasteiger partial charge in [-0.05, 0) is 31.6 Å². The second-order valence-corrected chi connectivity index (χ2v) is 5.19. The minimum Gasteiger partial charge on any atom is -0.491 e. The molecule has 0 aliphatic carbocycles. The van der Waals surface area contributed by atoms with E-state index < -0.39 is 6.10 Å². The SMILES string of the molecule is CCCN(CC)CC(O)COc1cccc(C(N)=S)c1. The molecule has 3 N–H and O–H groups in total. The van der Waals surface area contributed by atoms with Gasteiger partial charge >= 0.3 is 0 Å². The zero-order valence-corrected chi connectivity index (χ0v) is 13.0. The summed E-state index contributed by atoms with van der Waals surface area (Å²) in [5, 5.41) is 10.00. The summed E-state index contributed by atoms with van der Waals surface area (Å²) in [5.41, 5.74) is 6.35. The Morgan fingerprint density at radius 3 is 2.80 bits per heavy atom. The van der Waals surface area contributed by atoms with Crippen molar-refractivity contribution in [2.75, 3.05) is 26.2 Å². The molecular weight excluding hydrogens is 272 g/mol. The minimum absolute atomic E-state index is 0.265. The number of hydrogen-bond donors (Lipinski definition) is 2. The number of nitrogens with two attached hydrogens (primary N) is 1. The van der Waals surface area contributed by atoms with E-state index in [1.807, 2.05) is 18.2 Å². The first-order chi connectivity index (χ1) is 9.56. The number of ether oxygens (including phenoxy) is 1. The molecule has 0 spiro atoms. The summed E-state index contributed by atoms with van der Waals surface area (Å²) in [5.74, 6) is 0.674. The average molecular weight is 296 g/mol. The van der Waals surface area contributed by atoms with Gasteiger partial charge in [-0.1, -0.05) is 38.2 Å². The summed E-state index contributed by atoms with van der Waals surface area (Å²) >= 11 is 4.93. The maximum absolute atomic E-state index is 10.00. The Hall–Kier alpha value is -1.17. The van der Waals surface area contributed by atoms with Crippen LogP contribution in [0.15, 0.2) is 24.3 Å². The molecule has 1 aromatic carbocycles. The van der Waals surface area contributed by atoms with Gasteiger partial charge in [0.25, 0.3) is 0 Å². The fraction of sp³-hybridized carbons (Fsp3) is 0.533. The van der Waals surface area contributed by atoms with Gasteiger partial charge < -0.3 is 20.5 Å². The fourth-order valence-corrected chi connectivity index (χ4v) is 2.10. The molecular formula is C15H24N2O2S. The van der Waals surface area contributed by atoms with Crippen LogP contribution in [0.3, 0.4) is 0 Å². The summed E-state index contributed by atoms with van der Waals surface area (Å²) in [4.78, 5) is 2.55. The zero-order valence-electron chi connectivity index (χ0n) is 12.2. The number of likely N-dealkylation sites (N-methyl/N-ethyl adjacent to an activating group) is 1. The van der Waals surface area contributed by atoms with Crippen molar-refractivity contribution >= 4 is 17.2 Å². The average Bonchev–Trinajstić information content (AvgIpc) is 2.45. The van der Waals surface area contributed by atoms with Crippen LogP contribution < -0.4 is 10.5 Å². The van der Waals surface area contributed by atoms with Gasteiger partial charge in [0.05, 0.1) is 0 Å². The summed E-state index contributed by atoms with van der Waals surface area (Å²) in [7, 11) is 0. The van der Waals surface area contributed by atoms with E-state index in [0.29, 0.717) is 17.3 Å². The van der Waals surface area contributed by atoms with Crippen LogP contribution in [-0.4, -0.2) is 47.3 Å². The third kappa shape index (κ3) is 5.86. The van der Waals surface area contributed by atoms with Crippen LogP contribution in [-0.2, 0) is 0 Å². The van der Waals surface area contributed by atoms with Crippen LogP contribution in [0.1, 0.15) is 25.8 Å². The predicted octanol–water partition coefficient (Wildman–Crippen LogP) is 1.79. The zero-order chi connectivity index (χ0) is 15.0. The third-order valence-electron chi connectivity index (χ3n) is 3.02. The molecule has 0 amide bonds. The van der Waals surface area contributed by atoms with Crippen LogP contribution in [0.4, 0.5) is 0 Å². The molecule has 0 aromatic heterocycles. The topological polar surface area (TPSA) is 58.7 Å². The molecule has 0 aliphatic rings. The lowest BCUT2D eigenvalue weighted by atomic mass is 10.2. The second kappa shape index (κ2) is 8.89. The van der Waals surface area contributed by atoms with Crippen molar-refractivity contribution < 1.29 is 9.84 Å². The highest BCUT2D eigenvalue weighted by Crippen LogP contribution is 2.13. The number of rotatable bonds is 9. The quantitative estimate of drug-likeness (QED) is 0.680. The number of benzene rings is 1. The first kappa shape index (κ1) is 16.9. The molecule has 0 heterocycles. The van der Waals surface area contributed by atoms with Gasteiger partial charge in [0, 0.05) is 12.1 Å². The van der Waals surface area contributed by atoms with E-state index in [-0.39, 0.29) is 6.61 Å². The number of thiocarbonyl (C=S) groups is 1. The first-order valence-electron chi connectivity index (χ1n) is 6.99. The molecule has 0 fully saturated rings. The van der Waals surface area contributed by atoms with Crippen LogP contribution in [0.5, 0.6) is 5.75 Å². The lowest BCUT2D eigenvalue weighted by Crippen LogP contribution is -2.36. The fourth-order valence-electron chi connectivity index (χ4n) is 1.98. The van der Waals surface area contributed by atoms with E-state index in [9.17, 15) is 5.11 Å². The van der Waals surface area contributed by atoms with Crippen LogP contribution in [0, 0.1) is 0 Å². The van der Waals surface area contributed by atoms with Crippen molar-refractivity contribution in [2.45, 2.75) is 26.4 Å². The second-order valence-electron chi connectivity index (χ2n) is 4.75. The van der Waals surface area contributed by atoms with Crippen LogP contribution in [0.2, 0.25) is 0 Å². The van der Waals surface area contributed by atoms with Gasteiger partial charge in [-0.2, -0.15) is 0 Å². The Morgan fingerprint density at radius 1 is 1.45 bits per heavy atom. The summed E-state index contributed by atoms with van der Waals surface area (Å²) in [6, 6.07) is 7.30. The highest BCUT2D eigenvalue weighted by Gasteiger charge is 2.10. The largest absolute Gasteiger partial charge is 0.491 e. The Kier molecular flexibility index (Phi) is 7.51. The molecule has 1 aromatic rings. The lowest BCUT2D eigenvalue weighted by molar-refractivity contribution is 0.0699. The Labute approximate surface area is 126 Å². The molecule has 0 bridgehead atoms. The van der Waals surface area contributed by atoms with Gasteiger partial charge in [0.15, 0.2) is 0 Å². The molecule has 5 heteroatoms.